The van der Waals surface area contributed by atoms with Gasteiger partial charge in [-0.25, -0.2) is 9.07 Å². The largest absolute Gasteiger partial charge is 0.492 e. The van der Waals surface area contributed by atoms with Crippen molar-refractivity contribution >= 4 is 11.8 Å². The first-order valence-electron chi connectivity index (χ1n) is 1.68. The van der Waals surface area contributed by atoms with Gasteiger partial charge < -0.3 is 5.11 Å². The average Bonchev–Trinajstić information content (AvgIpc) is 1.91. The molecular weight excluding hydrogens is 115 g/mol. The van der Waals surface area contributed by atoms with Crippen LogP contribution in [0.3, 0.4) is 0 Å². The monoisotopic (exact) mass is 118 g/mol. The Morgan fingerprint density at radius 3 is 2.71 bits per heavy atom. The highest BCUT2D eigenvalue weighted by Crippen LogP contribution is 2.05. The van der Waals surface area contributed by atoms with Crippen LogP contribution < -0.4 is 0 Å². The molecule has 0 aromatic carbocycles. The summed E-state index contributed by atoms with van der Waals surface area (Å²) in [6, 6.07) is 0. The van der Waals surface area contributed by atoms with Crippen molar-refractivity contribution in [3.05, 3.63) is 12.5 Å². The summed E-state index contributed by atoms with van der Waals surface area (Å²) in [6.07, 6.45) is 2.56. The molecule has 1 rings (SSSR count). The standard InChI is InChI=1S/C3H3ClN2O/c4-6-2-5-1-3(6)7/h1-2,7H. The first-order chi connectivity index (χ1) is 3.30. The molecule has 0 spiro atoms. The molecule has 38 valence electrons. The first kappa shape index (κ1) is 4.46. The molecule has 0 bridgehead atoms. The lowest BCUT2D eigenvalue weighted by Crippen LogP contribution is -1.69. The van der Waals surface area contributed by atoms with E-state index in [0.29, 0.717) is 0 Å². The number of rotatable bonds is 0. The quantitative estimate of drug-likeness (QED) is 0.542. The highest BCUT2D eigenvalue weighted by atomic mass is 35.5. The van der Waals surface area contributed by atoms with E-state index in [2.05, 4.69) is 4.98 Å². The maximum Gasteiger partial charge on any atom is 0.226 e. The van der Waals surface area contributed by atoms with Gasteiger partial charge in [0.25, 0.3) is 0 Å². The van der Waals surface area contributed by atoms with Crippen LogP contribution in [-0.2, 0) is 0 Å². The number of aromatic nitrogens is 2. The van der Waals surface area contributed by atoms with Crippen LogP contribution in [0.2, 0.25) is 0 Å². The van der Waals surface area contributed by atoms with Crippen LogP contribution in [0, 0.1) is 0 Å². The molecular formula is C3H3ClN2O. The zero-order valence-corrected chi connectivity index (χ0v) is 4.13. The summed E-state index contributed by atoms with van der Waals surface area (Å²) in [7, 11) is 0. The van der Waals surface area contributed by atoms with Gasteiger partial charge in [0, 0.05) is 11.8 Å². The Labute approximate surface area is 45.3 Å². The van der Waals surface area contributed by atoms with Gasteiger partial charge in [0.2, 0.25) is 5.88 Å². The van der Waals surface area contributed by atoms with E-state index in [4.69, 9.17) is 16.9 Å². The Kier molecular flexibility index (Phi) is 0.906. The van der Waals surface area contributed by atoms with Gasteiger partial charge in [0.05, 0.1) is 6.20 Å². The lowest BCUT2D eigenvalue weighted by atomic mass is 10.9. The minimum atomic E-state index is -0.0401. The van der Waals surface area contributed by atoms with Crippen LogP contribution in [0.4, 0.5) is 0 Å². The second kappa shape index (κ2) is 1.42. The van der Waals surface area contributed by atoms with Gasteiger partial charge in [-0.1, -0.05) is 0 Å². The summed E-state index contributed by atoms with van der Waals surface area (Å²) in [5.74, 6) is -0.0401. The molecule has 0 saturated carbocycles. The van der Waals surface area contributed by atoms with E-state index in [9.17, 15) is 0 Å². The van der Waals surface area contributed by atoms with Gasteiger partial charge in [-0.3, -0.25) is 0 Å². The van der Waals surface area contributed by atoms with E-state index >= 15 is 0 Å². The molecule has 4 heteroatoms. The van der Waals surface area contributed by atoms with Gasteiger partial charge >= 0.3 is 0 Å². The van der Waals surface area contributed by atoms with E-state index in [-0.39, 0.29) is 5.88 Å². The highest BCUT2D eigenvalue weighted by molar-refractivity contribution is 6.15. The van der Waals surface area contributed by atoms with E-state index in [1.807, 2.05) is 0 Å². The maximum atomic E-state index is 8.53. The summed E-state index contributed by atoms with van der Waals surface area (Å²) in [5.41, 5.74) is 0. The second-order valence-electron chi connectivity index (χ2n) is 1.06. The van der Waals surface area contributed by atoms with Crippen molar-refractivity contribution in [1.29, 1.82) is 0 Å². The van der Waals surface area contributed by atoms with Crippen molar-refractivity contribution < 1.29 is 5.11 Å². The SMILES string of the molecule is Oc1cncn1Cl. The zero-order chi connectivity index (χ0) is 5.28. The Balaban J connectivity index is 3.12. The van der Waals surface area contributed by atoms with E-state index in [1.165, 1.54) is 12.5 Å². The number of nitrogens with zero attached hydrogens (tertiary/aromatic N) is 2. The fourth-order valence-electron chi connectivity index (χ4n) is 0.273. The third-order valence-electron chi connectivity index (χ3n) is 0.577. The van der Waals surface area contributed by atoms with Crippen LogP contribution in [0.1, 0.15) is 0 Å². The number of hydrogen-bond acceptors (Lipinski definition) is 2. The molecule has 0 fully saturated rings. The van der Waals surface area contributed by atoms with Crippen molar-refractivity contribution in [1.82, 2.24) is 9.07 Å². The molecule has 0 unspecified atom stereocenters. The molecule has 0 amide bonds. The molecule has 0 saturated heterocycles. The first-order valence-corrected chi connectivity index (χ1v) is 2.02. The summed E-state index contributed by atoms with van der Waals surface area (Å²) in [5, 5.41) is 8.53. The molecule has 1 N–H and O–H groups in total. The predicted octanol–water partition coefficient (Wildman–Crippen LogP) is 0.591. The zero-order valence-electron chi connectivity index (χ0n) is 3.37. The van der Waals surface area contributed by atoms with Gasteiger partial charge in [0.15, 0.2) is 0 Å². The van der Waals surface area contributed by atoms with Crippen LogP contribution in [0.5, 0.6) is 5.88 Å². The van der Waals surface area contributed by atoms with Gasteiger partial charge in [0.1, 0.15) is 6.33 Å². The molecule has 7 heavy (non-hydrogen) atoms. The van der Waals surface area contributed by atoms with Gasteiger partial charge in [-0.05, 0) is 0 Å². The Bertz CT molecular complexity index is 145. The van der Waals surface area contributed by atoms with Crippen LogP contribution in [0.15, 0.2) is 12.5 Å². The topological polar surface area (TPSA) is 38.1 Å². The third kappa shape index (κ3) is 0.667. The molecule has 1 aromatic heterocycles. The van der Waals surface area contributed by atoms with Gasteiger partial charge in [-0.2, -0.15) is 0 Å². The normalized spacial score (nSPS) is 9.29. The average molecular weight is 119 g/mol. The summed E-state index contributed by atoms with van der Waals surface area (Å²) >= 11 is 5.23. The summed E-state index contributed by atoms with van der Waals surface area (Å²) in [4.78, 5) is 3.50. The molecule has 1 aromatic rings. The van der Waals surface area contributed by atoms with E-state index < -0.39 is 0 Å². The Morgan fingerprint density at radius 2 is 2.57 bits per heavy atom. The smallest absolute Gasteiger partial charge is 0.226 e. The van der Waals surface area contributed by atoms with Crippen LogP contribution in [0.25, 0.3) is 0 Å². The molecule has 0 radical (unpaired) electrons. The van der Waals surface area contributed by atoms with E-state index in [1.54, 1.807) is 0 Å². The molecule has 3 nitrogen and oxygen atoms in total. The number of halogens is 1. The minimum absolute atomic E-state index is 0.0401. The predicted molar refractivity (Wildman–Crippen MR) is 25.1 cm³/mol. The van der Waals surface area contributed by atoms with Gasteiger partial charge in [-0.15, -0.1) is 0 Å². The number of aromatic hydroxyl groups is 1. The Hall–Kier alpha value is -0.700. The molecule has 0 atom stereocenters. The third-order valence-corrected chi connectivity index (χ3v) is 0.837. The fraction of sp³-hybridized carbons (Fsp3) is 0. The molecule has 0 aliphatic rings. The Morgan fingerprint density at radius 1 is 1.86 bits per heavy atom. The van der Waals surface area contributed by atoms with Crippen molar-refractivity contribution in [2.75, 3.05) is 0 Å². The van der Waals surface area contributed by atoms with Crippen LogP contribution >= 0.6 is 11.8 Å². The lowest BCUT2D eigenvalue weighted by Gasteiger charge is -1.81. The maximum absolute atomic E-state index is 8.53. The van der Waals surface area contributed by atoms with Crippen molar-refractivity contribution in [2.45, 2.75) is 0 Å². The van der Waals surface area contributed by atoms with Crippen molar-refractivity contribution in [3.8, 4) is 5.88 Å². The summed E-state index contributed by atoms with van der Waals surface area (Å²) < 4.78 is 1.00. The number of hydrogen-bond donors (Lipinski definition) is 1. The van der Waals surface area contributed by atoms with Crippen molar-refractivity contribution in [3.63, 3.8) is 0 Å². The van der Waals surface area contributed by atoms with Crippen molar-refractivity contribution in [2.24, 2.45) is 0 Å². The minimum Gasteiger partial charge on any atom is -0.492 e. The van der Waals surface area contributed by atoms with E-state index in [0.717, 1.165) is 4.09 Å². The molecule has 0 aliphatic carbocycles. The summed E-state index contributed by atoms with van der Waals surface area (Å²) in [6.45, 7) is 0. The molecule has 1 heterocycles. The lowest BCUT2D eigenvalue weighted by molar-refractivity contribution is 0.450. The highest BCUT2D eigenvalue weighted by Gasteiger charge is 1.89. The fourth-order valence-corrected chi connectivity index (χ4v) is 0.367. The number of imidazole rings is 1. The molecule has 0 aliphatic heterocycles. The second-order valence-corrected chi connectivity index (χ2v) is 1.43. The van der Waals surface area contributed by atoms with Crippen LogP contribution in [-0.4, -0.2) is 14.2 Å².